The predicted octanol–water partition coefficient (Wildman–Crippen LogP) is 5.69. The third-order valence-corrected chi connectivity index (χ3v) is 8.06. The van der Waals surface area contributed by atoms with Crippen LogP contribution in [0.25, 0.3) is 10.8 Å². The van der Waals surface area contributed by atoms with Crippen LogP contribution in [0.15, 0.2) is 67.1 Å². The Morgan fingerprint density at radius 1 is 1.09 bits per heavy atom. The first-order valence-corrected chi connectivity index (χ1v) is 14.4. The highest BCUT2D eigenvalue weighted by Gasteiger charge is 2.26. The number of aromatic nitrogens is 3. The van der Waals surface area contributed by atoms with E-state index < -0.39 is 18.0 Å². The van der Waals surface area contributed by atoms with E-state index in [4.69, 9.17) is 16.3 Å². The van der Waals surface area contributed by atoms with Gasteiger partial charge in [0.15, 0.2) is 0 Å². The molecule has 2 aromatic heterocycles. The van der Waals surface area contributed by atoms with Gasteiger partial charge in [0, 0.05) is 57.0 Å². The lowest BCUT2D eigenvalue weighted by molar-refractivity contribution is -0.136. The molecule has 0 radical (unpaired) electrons. The summed E-state index contributed by atoms with van der Waals surface area (Å²) in [5, 5.41) is 4.46. The number of nitrogens with one attached hydrogen (secondary N) is 1. The average molecular weight is 623 g/mol. The Morgan fingerprint density at radius 3 is 2.70 bits per heavy atom. The van der Waals surface area contributed by atoms with Crippen molar-refractivity contribution >= 4 is 46.1 Å². The number of carbonyl (C=O) groups is 3. The molecule has 12 heteroatoms. The Hall–Kier alpha value is -4.51. The first-order valence-electron chi connectivity index (χ1n) is 14.0. The molecule has 0 saturated carbocycles. The first kappa shape index (κ1) is 32.4. The lowest BCUT2D eigenvalue weighted by Gasteiger charge is -2.30. The van der Waals surface area contributed by atoms with Crippen LogP contribution in [0.4, 0.5) is 15.0 Å². The summed E-state index contributed by atoms with van der Waals surface area (Å²) in [7, 11) is 1.61. The summed E-state index contributed by atoms with van der Waals surface area (Å²) in [6.07, 6.45) is 5.25. The van der Waals surface area contributed by atoms with Gasteiger partial charge in [0.25, 0.3) is 0 Å². The number of imidazole rings is 1. The fourth-order valence-corrected chi connectivity index (χ4v) is 5.27. The van der Waals surface area contributed by atoms with E-state index in [0.717, 1.165) is 16.6 Å². The van der Waals surface area contributed by atoms with Crippen molar-refractivity contribution < 1.29 is 23.5 Å². The van der Waals surface area contributed by atoms with Crippen LogP contribution < -0.4 is 5.32 Å². The molecular formula is C32H36ClFN6O4. The second-order valence-electron chi connectivity index (χ2n) is 10.4. The van der Waals surface area contributed by atoms with Crippen molar-refractivity contribution in [2.24, 2.45) is 0 Å². The van der Waals surface area contributed by atoms with E-state index in [1.807, 2.05) is 35.0 Å². The van der Waals surface area contributed by atoms with Gasteiger partial charge in [-0.15, -0.1) is 0 Å². The number of benzene rings is 2. The molecule has 0 fully saturated rings. The number of amides is 3. The zero-order valence-electron chi connectivity index (χ0n) is 23.7. The molecule has 10 nitrogen and oxygen atoms in total. The van der Waals surface area contributed by atoms with Gasteiger partial charge in [-0.25, -0.2) is 19.2 Å². The van der Waals surface area contributed by atoms with Crippen LogP contribution in [-0.4, -0.2) is 68.5 Å². The van der Waals surface area contributed by atoms with Crippen molar-refractivity contribution in [1.29, 1.82) is 0 Å². The lowest BCUT2D eigenvalue weighted by atomic mass is 10.1. The molecule has 1 aliphatic heterocycles. The number of likely N-dealkylation sites (N-methyl/N-ethyl adjacent to an activating group) is 1. The number of ether oxygens (including phenoxy) is 1. The molecule has 0 unspecified atom stereocenters. The molecule has 44 heavy (non-hydrogen) atoms. The topological polar surface area (TPSA) is 110 Å². The molecule has 3 heterocycles. The molecule has 0 saturated heterocycles. The van der Waals surface area contributed by atoms with Gasteiger partial charge in [-0.3, -0.25) is 14.9 Å². The van der Waals surface area contributed by atoms with E-state index in [0.29, 0.717) is 31.0 Å². The molecule has 1 aliphatic rings. The van der Waals surface area contributed by atoms with Crippen molar-refractivity contribution in [3.8, 4) is 0 Å². The SMILES string of the molecule is C.CN(C(=O)CCc1cccc(F)c1Cl)[C@@H](CCC(=O)N1CCn2ccnc2C1)COC(=O)Nc1cc2ccccc2cn1. The van der Waals surface area contributed by atoms with Gasteiger partial charge in [-0.05, 0) is 35.9 Å². The number of pyridine rings is 1. The van der Waals surface area contributed by atoms with Crippen LogP contribution in [0.2, 0.25) is 5.02 Å². The fraction of sp³-hybridized carbons (Fsp3) is 0.344. The minimum Gasteiger partial charge on any atom is -0.447 e. The van der Waals surface area contributed by atoms with Crippen LogP contribution in [0, 0.1) is 5.82 Å². The number of fused-ring (bicyclic) bond motifs is 2. The Kier molecular flexibility index (Phi) is 10.9. The molecule has 5 rings (SSSR count). The van der Waals surface area contributed by atoms with E-state index in [2.05, 4.69) is 15.3 Å². The van der Waals surface area contributed by atoms with Crippen LogP contribution in [0.3, 0.4) is 0 Å². The Balaban J connectivity index is 0.00000442. The molecule has 3 amide bonds. The number of hydrogen-bond acceptors (Lipinski definition) is 6. The molecule has 232 valence electrons. The summed E-state index contributed by atoms with van der Waals surface area (Å²) >= 11 is 6.07. The summed E-state index contributed by atoms with van der Waals surface area (Å²) in [6.45, 7) is 1.50. The molecule has 1 atom stereocenters. The van der Waals surface area contributed by atoms with Crippen molar-refractivity contribution in [2.45, 2.75) is 52.2 Å². The summed E-state index contributed by atoms with van der Waals surface area (Å²) in [5.41, 5.74) is 0.525. The minimum absolute atomic E-state index is 0. The van der Waals surface area contributed by atoms with Crippen molar-refractivity contribution in [2.75, 3.05) is 25.5 Å². The number of aryl methyl sites for hydroxylation is 1. The largest absolute Gasteiger partial charge is 0.447 e. The number of carbonyl (C=O) groups excluding carboxylic acids is 3. The van der Waals surface area contributed by atoms with Crippen LogP contribution in [-0.2, 0) is 33.8 Å². The summed E-state index contributed by atoms with van der Waals surface area (Å²) in [6, 6.07) is 13.3. The van der Waals surface area contributed by atoms with E-state index >= 15 is 0 Å². The zero-order chi connectivity index (χ0) is 30.3. The average Bonchev–Trinajstić information content (AvgIpc) is 3.49. The number of nitrogens with zero attached hydrogens (tertiary/aromatic N) is 5. The van der Waals surface area contributed by atoms with Gasteiger partial charge in [-0.1, -0.05) is 55.4 Å². The standard InChI is InChI=1S/C31H32ClFN6O4.CH4/c1-37(28(40)11-9-21-7-4-8-25(33)30(21)32)24(10-12-29(41)39-16-15-38-14-13-34-27(38)19-39)20-43-31(42)36-26-17-22-5-2-3-6-23(22)18-35-26;/h2-8,13-14,17-18,24H,9-12,15-16,19-20H2,1H3,(H,35,36,42);1H4/t24-;/m0./s1. The highest BCUT2D eigenvalue weighted by atomic mass is 35.5. The first-order chi connectivity index (χ1) is 20.8. The summed E-state index contributed by atoms with van der Waals surface area (Å²) in [5.74, 6) is 0.281. The van der Waals surface area contributed by atoms with E-state index in [-0.39, 0.29) is 56.6 Å². The molecule has 0 spiro atoms. The highest BCUT2D eigenvalue weighted by Crippen LogP contribution is 2.22. The van der Waals surface area contributed by atoms with Crippen molar-refractivity contribution in [3.63, 3.8) is 0 Å². The second kappa shape index (κ2) is 14.8. The van der Waals surface area contributed by atoms with Crippen LogP contribution in [0.5, 0.6) is 0 Å². The molecule has 1 N–H and O–H groups in total. The molecular weight excluding hydrogens is 587 g/mol. The van der Waals surface area contributed by atoms with Crippen molar-refractivity contribution in [1.82, 2.24) is 24.3 Å². The molecule has 4 aromatic rings. The van der Waals surface area contributed by atoms with Gasteiger partial charge in [0.1, 0.15) is 24.1 Å². The Morgan fingerprint density at radius 2 is 1.89 bits per heavy atom. The maximum absolute atomic E-state index is 13.9. The number of rotatable bonds is 10. The number of anilines is 1. The zero-order valence-corrected chi connectivity index (χ0v) is 24.5. The van der Waals surface area contributed by atoms with E-state index in [1.54, 1.807) is 42.5 Å². The maximum Gasteiger partial charge on any atom is 0.412 e. The second-order valence-corrected chi connectivity index (χ2v) is 10.8. The molecule has 0 bridgehead atoms. The maximum atomic E-state index is 13.9. The van der Waals surface area contributed by atoms with Crippen LogP contribution in [0.1, 0.15) is 38.1 Å². The van der Waals surface area contributed by atoms with E-state index in [1.165, 1.54) is 11.0 Å². The Bertz CT molecular complexity index is 1630. The minimum atomic E-state index is -0.727. The van der Waals surface area contributed by atoms with Gasteiger partial charge >= 0.3 is 6.09 Å². The monoisotopic (exact) mass is 622 g/mol. The smallest absolute Gasteiger partial charge is 0.412 e. The molecule has 2 aromatic carbocycles. The normalized spacial score (nSPS) is 13.0. The predicted molar refractivity (Wildman–Crippen MR) is 167 cm³/mol. The highest BCUT2D eigenvalue weighted by molar-refractivity contribution is 6.31. The van der Waals surface area contributed by atoms with Crippen LogP contribution >= 0.6 is 11.6 Å². The summed E-state index contributed by atoms with van der Waals surface area (Å²) < 4.78 is 21.4. The number of hydrogen-bond donors (Lipinski definition) is 1. The van der Waals surface area contributed by atoms with Gasteiger partial charge < -0.3 is 19.1 Å². The van der Waals surface area contributed by atoms with Crippen molar-refractivity contribution in [3.05, 3.63) is 89.3 Å². The van der Waals surface area contributed by atoms with Gasteiger partial charge in [0.05, 0.1) is 17.6 Å². The van der Waals surface area contributed by atoms with Gasteiger partial charge in [0.2, 0.25) is 11.8 Å². The van der Waals surface area contributed by atoms with E-state index in [9.17, 15) is 18.8 Å². The third-order valence-electron chi connectivity index (χ3n) is 7.64. The molecule has 0 aliphatic carbocycles. The lowest BCUT2D eigenvalue weighted by Crippen LogP contribution is -2.43. The quantitative estimate of drug-likeness (QED) is 0.243. The van der Waals surface area contributed by atoms with Gasteiger partial charge in [-0.2, -0.15) is 0 Å². The number of halogens is 2. The summed E-state index contributed by atoms with van der Waals surface area (Å²) in [4.78, 5) is 50.8. The fourth-order valence-electron chi connectivity index (χ4n) is 5.05. The third kappa shape index (κ3) is 7.90. The Labute approximate surface area is 260 Å².